The summed E-state index contributed by atoms with van der Waals surface area (Å²) in [7, 11) is 1.58. The van der Waals surface area contributed by atoms with E-state index in [9.17, 15) is 9.59 Å². The van der Waals surface area contributed by atoms with Gasteiger partial charge in [-0.25, -0.2) is 0 Å². The Hall–Kier alpha value is -2.81. The molecule has 164 valence electrons. The van der Waals surface area contributed by atoms with Crippen molar-refractivity contribution in [2.75, 3.05) is 13.7 Å². The Bertz CT molecular complexity index is 952. The van der Waals surface area contributed by atoms with Gasteiger partial charge < -0.3 is 9.47 Å². The Labute approximate surface area is 195 Å². The number of nitrogens with one attached hydrogen (secondary N) is 3. The van der Waals surface area contributed by atoms with Gasteiger partial charge in [0.25, 0.3) is 0 Å². The van der Waals surface area contributed by atoms with Crippen molar-refractivity contribution < 1.29 is 19.1 Å². The van der Waals surface area contributed by atoms with Gasteiger partial charge >= 0.3 is 0 Å². The van der Waals surface area contributed by atoms with Crippen molar-refractivity contribution in [1.29, 1.82) is 0 Å². The topological polar surface area (TPSA) is 88.7 Å². The fourth-order valence-corrected chi connectivity index (χ4v) is 2.88. The number of carbonyl (C=O) groups excluding carboxylic acids is 2. The van der Waals surface area contributed by atoms with E-state index in [1.165, 1.54) is 6.08 Å². The standard InChI is InChI=1S/C21H21Cl2N3O4S/c1-29-16-8-4-14(5-9-16)6-11-19(27)24-21(31)26-25-20(28)3-2-12-30-18-10-7-15(22)13-17(18)23/h4-11,13H,2-3,12H2,1H3,(H,25,28)(H2,24,26,27,31). The van der Waals surface area contributed by atoms with Crippen LogP contribution in [0.25, 0.3) is 6.08 Å². The molecule has 10 heteroatoms. The monoisotopic (exact) mass is 481 g/mol. The molecule has 2 aromatic carbocycles. The summed E-state index contributed by atoms with van der Waals surface area (Å²) >= 11 is 16.8. The van der Waals surface area contributed by atoms with Crippen LogP contribution in [-0.4, -0.2) is 30.6 Å². The first-order chi connectivity index (χ1) is 14.9. The Morgan fingerprint density at radius 2 is 1.84 bits per heavy atom. The maximum atomic E-state index is 11.9. The summed E-state index contributed by atoms with van der Waals surface area (Å²) in [5.74, 6) is 0.478. The molecule has 0 aliphatic carbocycles. The number of amides is 2. The van der Waals surface area contributed by atoms with Crippen LogP contribution < -0.4 is 25.6 Å². The molecular formula is C21H21Cl2N3O4S. The second-order valence-corrected chi connectivity index (χ2v) is 7.38. The highest BCUT2D eigenvalue weighted by Crippen LogP contribution is 2.27. The first-order valence-corrected chi connectivity index (χ1v) is 10.3. The van der Waals surface area contributed by atoms with Crippen LogP contribution in [0.5, 0.6) is 11.5 Å². The van der Waals surface area contributed by atoms with E-state index in [1.807, 2.05) is 12.1 Å². The zero-order chi connectivity index (χ0) is 22.6. The van der Waals surface area contributed by atoms with Gasteiger partial charge in [-0.1, -0.05) is 35.3 Å². The number of hydrogen-bond acceptors (Lipinski definition) is 5. The lowest BCUT2D eigenvalue weighted by atomic mass is 10.2. The highest BCUT2D eigenvalue weighted by molar-refractivity contribution is 7.80. The number of hydrogen-bond donors (Lipinski definition) is 3. The third-order valence-electron chi connectivity index (χ3n) is 3.79. The zero-order valence-electron chi connectivity index (χ0n) is 16.6. The summed E-state index contributed by atoms with van der Waals surface area (Å²) in [5.41, 5.74) is 5.71. The maximum Gasteiger partial charge on any atom is 0.250 e. The Morgan fingerprint density at radius 3 is 2.52 bits per heavy atom. The fraction of sp³-hybridized carbons (Fsp3) is 0.190. The molecule has 0 atom stereocenters. The quantitative estimate of drug-likeness (QED) is 0.229. The van der Waals surface area contributed by atoms with E-state index in [1.54, 1.807) is 43.5 Å². The van der Waals surface area contributed by atoms with Crippen molar-refractivity contribution in [2.45, 2.75) is 12.8 Å². The zero-order valence-corrected chi connectivity index (χ0v) is 18.9. The first kappa shape index (κ1) is 24.5. The van der Waals surface area contributed by atoms with Gasteiger partial charge in [0, 0.05) is 17.5 Å². The maximum absolute atomic E-state index is 11.9. The van der Waals surface area contributed by atoms with Gasteiger partial charge in [-0.3, -0.25) is 25.8 Å². The molecule has 31 heavy (non-hydrogen) atoms. The van der Waals surface area contributed by atoms with Gasteiger partial charge in [-0.15, -0.1) is 0 Å². The number of thiocarbonyl (C=S) groups is 1. The molecule has 2 rings (SSSR count). The minimum Gasteiger partial charge on any atom is -0.497 e. The van der Waals surface area contributed by atoms with Crippen LogP contribution in [0.2, 0.25) is 10.0 Å². The smallest absolute Gasteiger partial charge is 0.250 e. The highest BCUT2D eigenvalue weighted by Gasteiger charge is 2.06. The number of hydrazine groups is 1. The Morgan fingerprint density at radius 1 is 1.10 bits per heavy atom. The molecule has 0 aromatic heterocycles. The third kappa shape index (κ3) is 9.25. The molecule has 0 saturated carbocycles. The summed E-state index contributed by atoms with van der Waals surface area (Å²) in [6.45, 7) is 0.298. The van der Waals surface area contributed by atoms with Crippen LogP contribution >= 0.6 is 35.4 Å². The predicted octanol–water partition coefficient (Wildman–Crippen LogP) is 3.90. The molecule has 2 amide bonds. The van der Waals surface area contributed by atoms with E-state index in [4.69, 9.17) is 44.9 Å². The van der Waals surface area contributed by atoms with Crippen molar-refractivity contribution in [3.8, 4) is 11.5 Å². The van der Waals surface area contributed by atoms with Crippen molar-refractivity contribution in [1.82, 2.24) is 16.2 Å². The number of carbonyl (C=O) groups is 2. The van der Waals surface area contributed by atoms with Crippen molar-refractivity contribution in [2.24, 2.45) is 0 Å². The molecule has 0 spiro atoms. The average molecular weight is 482 g/mol. The van der Waals surface area contributed by atoms with Crippen LogP contribution in [0.1, 0.15) is 18.4 Å². The third-order valence-corrected chi connectivity index (χ3v) is 4.53. The van der Waals surface area contributed by atoms with E-state index in [0.29, 0.717) is 28.8 Å². The van der Waals surface area contributed by atoms with Crippen molar-refractivity contribution in [3.05, 3.63) is 64.1 Å². The number of ether oxygens (including phenoxy) is 2. The molecule has 3 N–H and O–H groups in total. The number of halogens is 2. The second-order valence-electron chi connectivity index (χ2n) is 6.12. The van der Waals surface area contributed by atoms with Crippen LogP contribution in [0.3, 0.4) is 0 Å². The van der Waals surface area contributed by atoms with Crippen molar-refractivity contribution in [3.63, 3.8) is 0 Å². The lowest BCUT2D eigenvalue weighted by Gasteiger charge is -2.10. The molecule has 2 aromatic rings. The summed E-state index contributed by atoms with van der Waals surface area (Å²) < 4.78 is 10.6. The summed E-state index contributed by atoms with van der Waals surface area (Å²) in [4.78, 5) is 23.7. The lowest BCUT2D eigenvalue weighted by Crippen LogP contribution is -2.48. The molecule has 0 fully saturated rings. The van der Waals surface area contributed by atoms with Gasteiger partial charge in [-0.05, 0) is 60.6 Å². The van der Waals surface area contributed by atoms with Gasteiger partial charge in [0.2, 0.25) is 11.8 Å². The molecule has 0 saturated heterocycles. The second kappa shape index (κ2) is 12.8. The van der Waals surface area contributed by atoms with Crippen LogP contribution in [0.15, 0.2) is 48.5 Å². The minimum absolute atomic E-state index is 0.0260. The minimum atomic E-state index is -0.434. The van der Waals surface area contributed by atoms with Crippen molar-refractivity contribution >= 4 is 58.4 Å². The molecule has 0 aliphatic rings. The Balaban J connectivity index is 1.62. The summed E-state index contributed by atoms with van der Waals surface area (Å²) in [5, 5.41) is 3.33. The molecule has 0 aliphatic heterocycles. The normalized spacial score (nSPS) is 10.4. The highest BCUT2D eigenvalue weighted by atomic mass is 35.5. The average Bonchev–Trinajstić information content (AvgIpc) is 2.75. The van der Waals surface area contributed by atoms with Crippen LogP contribution in [-0.2, 0) is 9.59 Å². The number of methoxy groups -OCH3 is 1. The Kier molecular flexibility index (Phi) is 10.1. The van der Waals surface area contributed by atoms with Gasteiger partial charge in [0.05, 0.1) is 18.7 Å². The van der Waals surface area contributed by atoms with Gasteiger partial charge in [-0.2, -0.15) is 0 Å². The molecular weight excluding hydrogens is 461 g/mol. The number of rotatable bonds is 8. The van der Waals surface area contributed by atoms with Crippen LogP contribution in [0, 0.1) is 0 Å². The molecule has 7 nitrogen and oxygen atoms in total. The van der Waals surface area contributed by atoms with E-state index in [2.05, 4.69) is 16.2 Å². The summed E-state index contributed by atoms with van der Waals surface area (Å²) in [6.07, 6.45) is 3.60. The molecule has 0 unspecified atom stereocenters. The SMILES string of the molecule is COc1ccc(C=CC(=O)NC(=S)NNC(=O)CCCOc2ccc(Cl)cc2Cl)cc1. The van der Waals surface area contributed by atoms with Crippen LogP contribution in [0.4, 0.5) is 0 Å². The first-order valence-electron chi connectivity index (χ1n) is 9.17. The van der Waals surface area contributed by atoms with Gasteiger partial charge in [0.15, 0.2) is 5.11 Å². The largest absolute Gasteiger partial charge is 0.497 e. The van der Waals surface area contributed by atoms with Gasteiger partial charge in [0.1, 0.15) is 11.5 Å². The molecule has 0 heterocycles. The van der Waals surface area contributed by atoms with E-state index in [-0.39, 0.29) is 17.4 Å². The fourth-order valence-electron chi connectivity index (χ4n) is 2.27. The summed E-state index contributed by atoms with van der Waals surface area (Å²) in [6, 6.07) is 12.1. The van der Waals surface area contributed by atoms with E-state index in [0.717, 1.165) is 11.3 Å². The van der Waals surface area contributed by atoms with E-state index >= 15 is 0 Å². The lowest BCUT2D eigenvalue weighted by molar-refractivity contribution is -0.122. The van der Waals surface area contributed by atoms with E-state index < -0.39 is 5.91 Å². The molecule has 0 radical (unpaired) electrons. The molecule has 0 bridgehead atoms. The number of benzene rings is 2. The predicted molar refractivity (Wildman–Crippen MR) is 125 cm³/mol.